The molecule has 1 saturated carbocycles. The van der Waals surface area contributed by atoms with E-state index >= 15 is 0 Å². The number of hydrogen-bond donors (Lipinski definition) is 2. The lowest BCUT2D eigenvalue weighted by Gasteiger charge is -2.15. The average Bonchev–Trinajstić information content (AvgIpc) is 3.28. The van der Waals surface area contributed by atoms with Gasteiger partial charge in [-0.1, -0.05) is 0 Å². The Labute approximate surface area is 124 Å². The summed E-state index contributed by atoms with van der Waals surface area (Å²) in [7, 11) is 3.10. The predicted molar refractivity (Wildman–Crippen MR) is 78.7 cm³/mol. The zero-order valence-corrected chi connectivity index (χ0v) is 12.5. The van der Waals surface area contributed by atoms with Crippen LogP contribution in [-0.2, 0) is 11.3 Å². The fourth-order valence-corrected chi connectivity index (χ4v) is 2.06. The Morgan fingerprint density at radius 3 is 2.38 bits per heavy atom. The van der Waals surface area contributed by atoms with Crippen molar-refractivity contribution in [2.75, 3.05) is 27.4 Å². The van der Waals surface area contributed by atoms with Crippen molar-refractivity contribution in [2.45, 2.75) is 19.4 Å². The molecule has 116 valence electrons. The molecule has 3 N–H and O–H groups in total. The Hall–Kier alpha value is -1.95. The Balaban J connectivity index is 2.09. The van der Waals surface area contributed by atoms with Crippen LogP contribution in [0.5, 0.6) is 17.2 Å². The van der Waals surface area contributed by atoms with E-state index in [9.17, 15) is 4.79 Å². The third-order valence-corrected chi connectivity index (χ3v) is 3.34. The van der Waals surface area contributed by atoms with E-state index < -0.39 is 5.91 Å². The van der Waals surface area contributed by atoms with Crippen molar-refractivity contribution in [2.24, 2.45) is 11.7 Å². The highest BCUT2D eigenvalue weighted by Gasteiger charge is 2.20. The van der Waals surface area contributed by atoms with Crippen LogP contribution in [0, 0.1) is 5.92 Å². The van der Waals surface area contributed by atoms with Crippen molar-refractivity contribution in [3.8, 4) is 17.2 Å². The highest BCUT2D eigenvalue weighted by molar-refractivity contribution is 5.75. The normalized spacial score (nSPS) is 13.8. The van der Waals surface area contributed by atoms with Crippen molar-refractivity contribution in [1.29, 1.82) is 0 Å². The standard InChI is InChI=1S/C15H22N2O4/c1-19-12-5-11(8-17-7-10-3-4-10)6-13(20-2)15(12)21-9-14(16)18/h5-6,10,17H,3-4,7-9H2,1-2H3,(H2,16,18). The second-order valence-electron chi connectivity index (χ2n) is 5.16. The molecule has 6 heteroatoms. The maximum atomic E-state index is 10.9. The van der Waals surface area contributed by atoms with E-state index in [2.05, 4.69) is 5.32 Å². The van der Waals surface area contributed by atoms with Crippen LogP contribution in [0.2, 0.25) is 0 Å². The zero-order valence-electron chi connectivity index (χ0n) is 12.5. The van der Waals surface area contributed by atoms with Gasteiger partial charge < -0.3 is 25.3 Å². The fourth-order valence-electron chi connectivity index (χ4n) is 2.06. The predicted octanol–water partition coefficient (Wildman–Crippen LogP) is 1.07. The Morgan fingerprint density at radius 1 is 1.29 bits per heavy atom. The summed E-state index contributed by atoms with van der Waals surface area (Å²) in [5.41, 5.74) is 6.14. The van der Waals surface area contributed by atoms with Gasteiger partial charge in [-0.15, -0.1) is 0 Å². The molecule has 21 heavy (non-hydrogen) atoms. The van der Waals surface area contributed by atoms with E-state index in [1.807, 2.05) is 12.1 Å². The van der Waals surface area contributed by atoms with Crippen molar-refractivity contribution < 1.29 is 19.0 Å². The smallest absolute Gasteiger partial charge is 0.255 e. The first-order valence-corrected chi connectivity index (χ1v) is 7.00. The number of carbonyl (C=O) groups is 1. The van der Waals surface area contributed by atoms with E-state index in [1.165, 1.54) is 12.8 Å². The van der Waals surface area contributed by atoms with Gasteiger partial charge in [-0.25, -0.2) is 0 Å². The minimum absolute atomic E-state index is 0.216. The number of primary amides is 1. The summed E-state index contributed by atoms with van der Waals surface area (Å²) >= 11 is 0. The highest BCUT2D eigenvalue weighted by Crippen LogP contribution is 2.38. The van der Waals surface area contributed by atoms with Gasteiger partial charge in [0.15, 0.2) is 18.1 Å². The molecule has 0 heterocycles. The summed E-state index contributed by atoms with van der Waals surface area (Å²) in [6.45, 7) is 1.55. The van der Waals surface area contributed by atoms with Crippen molar-refractivity contribution >= 4 is 5.91 Å². The molecular formula is C15H22N2O4. The highest BCUT2D eigenvalue weighted by atomic mass is 16.5. The van der Waals surface area contributed by atoms with Crippen molar-refractivity contribution in [3.63, 3.8) is 0 Å². The molecule has 1 amide bonds. The summed E-state index contributed by atoms with van der Waals surface area (Å²) in [4.78, 5) is 10.9. The number of methoxy groups -OCH3 is 2. The van der Waals surface area contributed by atoms with Crippen molar-refractivity contribution in [3.05, 3.63) is 17.7 Å². The Bertz CT molecular complexity index is 475. The number of ether oxygens (including phenoxy) is 3. The second kappa shape index (κ2) is 7.17. The molecule has 1 aliphatic rings. The summed E-state index contributed by atoms with van der Waals surface area (Å²) in [5, 5.41) is 3.41. The van der Waals surface area contributed by atoms with Crippen LogP contribution in [0.25, 0.3) is 0 Å². The molecule has 0 radical (unpaired) electrons. The molecule has 2 rings (SSSR count). The number of benzene rings is 1. The molecule has 0 unspecified atom stereocenters. The quantitative estimate of drug-likeness (QED) is 0.712. The lowest BCUT2D eigenvalue weighted by Crippen LogP contribution is -2.20. The number of nitrogens with two attached hydrogens (primary N) is 1. The monoisotopic (exact) mass is 294 g/mol. The van der Waals surface area contributed by atoms with Gasteiger partial charge in [0, 0.05) is 6.54 Å². The van der Waals surface area contributed by atoms with Crippen LogP contribution in [0.3, 0.4) is 0 Å². The second-order valence-corrected chi connectivity index (χ2v) is 5.16. The van der Waals surface area contributed by atoms with Crippen LogP contribution < -0.4 is 25.3 Å². The molecule has 6 nitrogen and oxygen atoms in total. The maximum Gasteiger partial charge on any atom is 0.255 e. The fraction of sp³-hybridized carbons (Fsp3) is 0.533. The van der Waals surface area contributed by atoms with Gasteiger partial charge >= 0.3 is 0 Å². The van der Waals surface area contributed by atoms with E-state index in [4.69, 9.17) is 19.9 Å². The third kappa shape index (κ3) is 4.53. The Kier molecular flexibility index (Phi) is 5.27. The van der Waals surface area contributed by atoms with E-state index in [-0.39, 0.29) is 6.61 Å². The van der Waals surface area contributed by atoms with E-state index in [0.29, 0.717) is 17.2 Å². The number of carbonyl (C=O) groups excluding carboxylic acids is 1. The van der Waals surface area contributed by atoms with Gasteiger partial charge in [-0.05, 0) is 43.0 Å². The lowest BCUT2D eigenvalue weighted by molar-refractivity contribution is -0.119. The first-order valence-electron chi connectivity index (χ1n) is 7.00. The van der Waals surface area contributed by atoms with Crippen LogP contribution in [-0.4, -0.2) is 33.3 Å². The van der Waals surface area contributed by atoms with E-state index in [1.54, 1.807) is 14.2 Å². The molecule has 0 saturated heterocycles. The van der Waals surface area contributed by atoms with Gasteiger partial charge in [0.2, 0.25) is 5.75 Å². The first-order chi connectivity index (χ1) is 10.1. The number of hydrogen-bond acceptors (Lipinski definition) is 5. The van der Waals surface area contributed by atoms with Gasteiger partial charge in [0.1, 0.15) is 0 Å². The molecule has 1 aromatic carbocycles. The molecule has 0 aliphatic heterocycles. The molecule has 0 atom stereocenters. The van der Waals surface area contributed by atoms with Crippen LogP contribution in [0.1, 0.15) is 18.4 Å². The SMILES string of the molecule is COc1cc(CNCC2CC2)cc(OC)c1OCC(N)=O. The van der Waals surface area contributed by atoms with E-state index in [0.717, 1.165) is 24.6 Å². The third-order valence-electron chi connectivity index (χ3n) is 3.34. The summed E-state index contributed by atoms with van der Waals surface area (Å²) in [6, 6.07) is 3.75. The molecule has 0 bridgehead atoms. The minimum atomic E-state index is -0.547. The molecular weight excluding hydrogens is 272 g/mol. The molecule has 1 aliphatic carbocycles. The van der Waals surface area contributed by atoms with Gasteiger partial charge in [-0.2, -0.15) is 0 Å². The summed E-state index contributed by atoms with van der Waals surface area (Å²) < 4.78 is 16.0. The molecule has 1 fully saturated rings. The summed E-state index contributed by atoms with van der Waals surface area (Å²) in [5.74, 6) is 1.73. The Morgan fingerprint density at radius 2 is 1.90 bits per heavy atom. The average molecular weight is 294 g/mol. The van der Waals surface area contributed by atoms with Gasteiger partial charge in [-0.3, -0.25) is 4.79 Å². The summed E-state index contributed by atoms with van der Waals surface area (Å²) in [6.07, 6.45) is 2.64. The number of rotatable bonds is 9. The molecule has 0 spiro atoms. The van der Waals surface area contributed by atoms with Crippen LogP contribution in [0.15, 0.2) is 12.1 Å². The van der Waals surface area contributed by atoms with Gasteiger partial charge in [0.05, 0.1) is 14.2 Å². The van der Waals surface area contributed by atoms with Crippen LogP contribution in [0.4, 0.5) is 0 Å². The zero-order chi connectivity index (χ0) is 15.2. The molecule has 1 aromatic rings. The van der Waals surface area contributed by atoms with Gasteiger partial charge in [0.25, 0.3) is 5.91 Å². The number of nitrogens with one attached hydrogen (secondary N) is 1. The molecule has 0 aromatic heterocycles. The topological polar surface area (TPSA) is 82.8 Å². The minimum Gasteiger partial charge on any atom is -0.493 e. The maximum absolute atomic E-state index is 10.9. The van der Waals surface area contributed by atoms with Crippen molar-refractivity contribution in [1.82, 2.24) is 5.32 Å². The largest absolute Gasteiger partial charge is 0.493 e. The van der Waals surface area contributed by atoms with Crippen LogP contribution >= 0.6 is 0 Å². The first kappa shape index (κ1) is 15.4. The number of amides is 1. The lowest BCUT2D eigenvalue weighted by atomic mass is 10.1.